The van der Waals surface area contributed by atoms with Crippen molar-refractivity contribution in [2.75, 3.05) is 25.8 Å². The summed E-state index contributed by atoms with van der Waals surface area (Å²) in [4.78, 5) is 24.7. The van der Waals surface area contributed by atoms with E-state index in [1.165, 1.54) is 15.9 Å². The molecule has 1 aliphatic heterocycles. The van der Waals surface area contributed by atoms with E-state index in [9.17, 15) is 9.18 Å². The van der Waals surface area contributed by atoms with E-state index in [1.54, 1.807) is 13.2 Å². The number of guanidine groups is 1. The van der Waals surface area contributed by atoms with Gasteiger partial charge in [-0.25, -0.2) is 19.4 Å². The van der Waals surface area contributed by atoms with Gasteiger partial charge in [-0.05, 0) is 64.6 Å². The van der Waals surface area contributed by atoms with Gasteiger partial charge in [0.2, 0.25) is 0 Å². The Bertz CT molecular complexity index is 1190. The molecule has 0 aliphatic carbocycles. The molecule has 5 nitrogen and oxygen atoms in total. The third kappa shape index (κ3) is 3.59. The lowest BCUT2D eigenvalue weighted by molar-refractivity contribution is -0.129. The highest BCUT2D eigenvalue weighted by Crippen LogP contribution is 2.47. The van der Waals surface area contributed by atoms with Crippen LogP contribution in [0.25, 0.3) is 11.1 Å². The molecule has 31 heavy (non-hydrogen) atoms. The van der Waals surface area contributed by atoms with Crippen LogP contribution in [0.2, 0.25) is 0 Å². The SMILES string of the molecule is CN1C(=O)C(c2ccc(S(C)(C)C)cc2)(c2cccc(-c3cncc(F)c3)c2)N=C1N. The molecule has 160 valence electrons. The summed E-state index contributed by atoms with van der Waals surface area (Å²) in [7, 11) is 0.714. The van der Waals surface area contributed by atoms with Gasteiger partial charge >= 0.3 is 0 Å². The number of nitrogens with zero attached hydrogens (tertiary/aromatic N) is 3. The molecule has 2 N–H and O–H groups in total. The van der Waals surface area contributed by atoms with Gasteiger partial charge in [-0.15, -0.1) is 0 Å². The molecule has 0 saturated heterocycles. The Kier molecular flexibility index (Phi) is 5.09. The molecule has 0 fully saturated rings. The Labute approximate surface area is 183 Å². The van der Waals surface area contributed by atoms with Crippen molar-refractivity contribution in [2.24, 2.45) is 10.7 Å². The quantitative estimate of drug-likeness (QED) is 0.673. The number of carbonyl (C=O) groups is 1. The van der Waals surface area contributed by atoms with E-state index in [0.29, 0.717) is 11.1 Å². The molecular formula is C24H25FN4OS. The lowest BCUT2D eigenvalue weighted by atomic mass is 9.82. The first-order valence-electron chi connectivity index (χ1n) is 9.77. The van der Waals surface area contributed by atoms with Crippen LogP contribution >= 0.6 is 10.0 Å². The number of amides is 1. The number of aromatic nitrogens is 1. The first-order chi connectivity index (χ1) is 14.6. The average molecular weight is 437 g/mol. The van der Waals surface area contributed by atoms with E-state index < -0.39 is 21.4 Å². The molecular weight excluding hydrogens is 411 g/mol. The van der Waals surface area contributed by atoms with Gasteiger partial charge in [-0.1, -0.05) is 30.3 Å². The number of rotatable bonds is 4. The number of pyridine rings is 1. The van der Waals surface area contributed by atoms with Crippen molar-refractivity contribution in [1.82, 2.24) is 9.88 Å². The van der Waals surface area contributed by atoms with Gasteiger partial charge in [0.1, 0.15) is 5.82 Å². The molecule has 0 bridgehead atoms. The van der Waals surface area contributed by atoms with Crippen molar-refractivity contribution in [2.45, 2.75) is 10.4 Å². The predicted octanol–water partition coefficient (Wildman–Crippen LogP) is 3.97. The summed E-state index contributed by atoms with van der Waals surface area (Å²) >= 11 is 0. The molecule has 2 aromatic carbocycles. The van der Waals surface area contributed by atoms with Crippen LogP contribution in [0.5, 0.6) is 0 Å². The van der Waals surface area contributed by atoms with Gasteiger partial charge in [0.15, 0.2) is 11.5 Å². The average Bonchev–Trinajstić information content (AvgIpc) is 2.98. The third-order valence-corrected chi connectivity index (χ3v) is 7.22. The van der Waals surface area contributed by atoms with Crippen LogP contribution < -0.4 is 5.73 Å². The summed E-state index contributed by atoms with van der Waals surface area (Å²) in [6.07, 6.45) is 9.42. The van der Waals surface area contributed by atoms with Crippen LogP contribution in [0.3, 0.4) is 0 Å². The normalized spacial score (nSPS) is 19.5. The van der Waals surface area contributed by atoms with Crippen molar-refractivity contribution in [3.63, 3.8) is 0 Å². The predicted molar refractivity (Wildman–Crippen MR) is 125 cm³/mol. The van der Waals surface area contributed by atoms with Gasteiger partial charge < -0.3 is 5.73 Å². The van der Waals surface area contributed by atoms with E-state index in [2.05, 4.69) is 40.9 Å². The molecule has 7 heteroatoms. The zero-order valence-corrected chi connectivity index (χ0v) is 18.8. The van der Waals surface area contributed by atoms with Crippen molar-refractivity contribution >= 4 is 21.9 Å². The number of hydrogen-bond acceptors (Lipinski definition) is 4. The fourth-order valence-electron chi connectivity index (χ4n) is 3.78. The van der Waals surface area contributed by atoms with Gasteiger partial charge in [0, 0.05) is 18.8 Å². The second-order valence-corrected chi connectivity index (χ2v) is 12.5. The highest BCUT2D eigenvalue weighted by molar-refractivity contribution is 8.32. The Morgan fingerprint density at radius 1 is 0.968 bits per heavy atom. The Hall–Kier alpha value is -3.19. The van der Waals surface area contributed by atoms with Crippen molar-refractivity contribution in [3.8, 4) is 11.1 Å². The molecule has 1 unspecified atom stereocenters. The lowest BCUT2D eigenvalue weighted by Crippen LogP contribution is -2.41. The van der Waals surface area contributed by atoms with Crippen molar-refractivity contribution < 1.29 is 9.18 Å². The van der Waals surface area contributed by atoms with Gasteiger partial charge in [0.05, 0.1) is 6.20 Å². The number of likely N-dealkylation sites (N-methyl/N-ethyl adjacent to an activating group) is 1. The molecule has 1 amide bonds. The topological polar surface area (TPSA) is 71.6 Å². The minimum absolute atomic E-state index is 0.161. The zero-order chi connectivity index (χ0) is 22.4. The summed E-state index contributed by atoms with van der Waals surface area (Å²) in [5.74, 6) is -0.486. The number of aliphatic imine (C=N–C) groups is 1. The lowest BCUT2D eigenvalue weighted by Gasteiger charge is -2.29. The Morgan fingerprint density at radius 3 is 2.26 bits per heavy atom. The van der Waals surface area contributed by atoms with Crippen LogP contribution in [0.15, 0.2) is 76.9 Å². The first-order valence-corrected chi connectivity index (χ1v) is 12.6. The third-order valence-electron chi connectivity index (χ3n) is 5.54. The number of carbonyl (C=O) groups excluding carboxylic acids is 1. The van der Waals surface area contributed by atoms with E-state index in [1.807, 2.05) is 36.4 Å². The fourth-order valence-corrected chi connectivity index (χ4v) is 4.73. The molecule has 1 aromatic heterocycles. The fraction of sp³-hybridized carbons (Fsp3) is 0.208. The highest BCUT2D eigenvalue weighted by Gasteiger charge is 2.49. The highest BCUT2D eigenvalue weighted by atomic mass is 32.3. The second-order valence-electron chi connectivity index (χ2n) is 8.38. The number of hydrogen-bond donors (Lipinski definition) is 1. The van der Waals surface area contributed by atoms with Crippen molar-refractivity contribution in [3.05, 3.63) is 83.9 Å². The van der Waals surface area contributed by atoms with Crippen LogP contribution in [-0.4, -0.2) is 47.6 Å². The molecule has 0 spiro atoms. The molecule has 0 saturated carbocycles. The van der Waals surface area contributed by atoms with Crippen LogP contribution in [0.4, 0.5) is 4.39 Å². The van der Waals surface area contributed by atoms with Crippen LogP contribution in [0, 0.1) is 5.82 Å². The standard InChI is InChI=1S/C24H25FN4OS/c1-29-22(30)24(28-23(29)26,18-8-10-21(11-9-18)31(2,3)4)19-7-5-6-16(12-19)17-13-20(25)15-27-14-17/h5-15H,1-4H3,(H2,26,28). The minimum atomic E-state index is -1.29. The maximum Gasteiger partial charge on any atom is 0.266 e. The maximum atomic E-state index is 13.7. The summed E-state index contributed by atoms with van der Waals surface area (Å²) < 4.78 is 13.7. The van der Waals surface area contributed by atoms with E-state index in [-0.39, 0.29) is 11.9 Å². The van der Waals surface area contributed by atoms with Gasteiger partial charge in [0.25, 0.3) is 5.91 Å². The Morgan fingerprint density at radius 2 is 1.68 bits per heavy atom. The van der Waals surface area contributed by atoms with Crippen molar-refractivity contribution in [1.29, 1.82) is 0 Å². The maximum absolute atomic E-state index is 13.7. The molecule has 0 radical (unpaired) electrons. The summed E-state index contributed by atoms with van der Waals surface area (Å²) in [6.45, 7) is 0. The summed E-state index contributed by atoms with van der Waals surface area (Å²) in [5, 5.41) is 0. The summed E-state index contributed by atoms with van der Waals surface area (Å²) in [6, 6.07) is 16.8. The molecule has 3 aromatic rings. The minimum Gasteiger partial charge on any atom is -0.369 e. The zero-order valence-electron chi connectivity index (χ0n) is 18.0. The number of nitrogens with two attached hydrogens (primary N) is 1. The molecule has 1 aliphatic rings. The summed E-state index contributed by atoms with van der Waals surface area (Å²) in [5.41, 5.74) is 7.58. The number of benzene rings is 2. The number of halogens is 1. The largest absolute Gasteiger partial charge is 0.369 e. The van der Waals surface area contributed by atoms with Crippen LogP contribution in [0.1, 0.15) is 11.1 Å². The molecule has 2 heterocycles. The molecule has 1 atom stereocenters. The van der Waals surface area contributed by atoms with E-state index in [4.69, 9.17) is 5.73 Å². The second kappa shape index (κ2) is 7.50. The van der Waals surface area contributed by atoms with E-state index in [0.717, 1.165) is 17.3 Å². The van der Waals surface area contributed by atoms with Gasteiger partial charge in [-0.3, -0.25) is 14.7 Å². The smallest absolute Gasteiger partial charge is 0.266 e. The van der Waals surface area contributed by atoms with E-state index >= 15 is 0 Å². The first kappa shape index (κ1) is 21.1. The monoisotopic (exact) mass is 436 g/mol. The van der Waals surface area contributed by atoms with Gasteiger partial charge in [-0.2, -0.15) is 0 Å². The molecule has 4 rings (SSSR count). The van der Waals surface area contributed by atoms with Crippen LogP contribution in [-0.2, 0) is 10.3 Å². The Balaban J connectivity index is 1.90.